The van der Waals surface area contributed by atoms with E-state index in [1.54, 1.807) is 18.2 Å². The summed E-state index contributed by atoms with van der Waals surface area (Å²) in [4.78, 5) is 21.3. The minimum absolute atomic E-state index is 0.0561. The summed E-state index contributed by atoms with van der Waals surface area (Å²) in [5, 5.41) is 11.2. The number of phenols is 1. The number of carbonyl (C=O) groups excluding carboxylic acids is 2. The van der Waals surface area contributed by atoms with Crippen LogP contribution >= 0.6 is 0 Å². The second kappa shape index (κ2) is 4.80. The molecule has 0 saturated heterocycles. The third-order valence-electron chi connectivity index (χ3n) is 1.60. The van der Waals surface area contributed by atoms with Gasteiger partial charge in [-0.15, -0.1) is 0 Å². The van der Waals surface area contributed by atoms with Gasteiger partial charge in [0.2, 0.25) is 0 Å². The van der Waals surface area contributed by atoms with E-state index in [1.807, 2.05) is 5.32 Å². The molecule has 3 amide bonds. The van der Waals surface area contributed by atoms with Crippen molar-refractivity contribution >= 4 is 18.0 Å². The summed E-state index contributed by atoms with van der Waals surface area (Å²) in [6.45, 7) is 0. The van der Waals surface area contributed by atoms with Crippen LogP contribution in [0.15, 0.2) is 30.3 Å². The minimum atomic E-state index is -0.915. The molecular formula is C10H10N2O3. The van der Waals surface area contributed by atoms with Crippen molar-refractivity contribution in [3.63, 3.8) is 0 Å². The van der Waals surface area contributed by atoms with Gasteiger partial charge in [0.05, 0.1) is 0 Å². The van der Waals surface area contributed by atoms with Crippen LogP contribution in [0.25, 0.3) is 6.08 Å². The number of carbonyl (C=O) groups is 2. The standard InChI is InChI=1S/C10H10N2O3/c11-10(15)12-9(14)6-5-7-3-1-2-4-8(7)13/h1-6,13H,(H3,11,12,14,15). The van der Waals surface area contributed by atoms with Gasteiger partial charge in [0.25, 0.3) is 5.91 Å². The van der Waals surface area contributed by atoms with Crippen LogP contribution in [-0.2, 0) is 4.79 Å². The molecule has 0 saturated carbocycles. The van der Waals surface area contributed by atoms with Crippen LogP contribution < -0.4 is 11.1 Å². The fourth-order valence-corrected chi connectivity index (χ4v) is 0.957. The molecule has 1 rings (SSSR count). The molecule has 1 aromatic rings. The van der Waals surface area contributed by atoms with E-state index in [1.165, 1.54) is 12.1 Å². The first-order valence-electron chi connectivity index (χ1n) is 4.16. The van der Waals surface area contributed by atoms with Crippen molar-refractivity contribution in [3.8, 4) is 5.75 Å². The van der Waals surface area contributed by atoms with E-state index in [2.05, 4.69) is 0 Å². The van der Waals surface area contributed by atoms with Crippen molar-refractivity contribution in [2.75, 3.05) is 0 Å². The number of para-hydroxylation sites is 1. The van der Waals surface area contributed by atoms with Gasteiger partial charge in [0.15, 0.2) is 0 Å². The zero-order valence-corrected chi connectivity index (χ0v) is 7.81. The van der Waals surface area contributed by atoms with Gasteiger partial charge in [-0.3, -0.25) is 10.1 Å². The molecule has 0 spiro atoms. The molecule has 0 radical (unpaired) electrons. The first-order chi connectivity index (χ1) is 7.09. The maximum absolute atomic E-state index is 11.0. The number of phenolic OH excluding ortho intramolecular Hbond substituents is 1. The zero-order chi connectivity index (χ0) is 11.3. The minimum Gasteiger partial charge on any atom is -0.507 e. The molecule has 1 aromatic carbocycles. The molecule has 0 aliphatic carbocycles. The summed E-state index contributed by atoms with van der Waals surface area (Å²) >= 11 is 0. The lowest BCUT2D eigenvalue weighted by Gasteiger charge is -1.97. The van der Waals surface area contributed by atoms with Crippen LogP contribution in [-0.4, -0.2) is 17.0 Å². The van der Waals surface area contributed by atoms with Crippen molar-refractivity contribution in [1.29, 1.82) is 0 Å². The molecule has 0 aliphatic heterocycles. The smallest absolute Gasteiger partial charge is 0.319 e. The summed E-state index contributed by atoms with van der Waals surface area (Å²) in [5.41, 5.74) is 5.22. The average Bonchev–Trinajstić information content (AvgIpc) is 2.15. The predicted molar refractivity (Wildman–Crippen MR) is 54.9 cm³/mol. The van der Waals surface area contributed by atoms with Crippen LogP contribution in [0.1, 0.15) is 5.56 Å². The lowest BCUT2D eigenvalue weighted by molar-refractivity contribution is -0.115. The van der Waals surface area contributed by atoms with Gasteiger partial charge in [-0.2, -0.15) is 0 Å². The maximum Gasteiger partial charge on any atom is 0.319 e. The summed E-state index contributed by atoms with van der Waals surface area (Å²) in [6, 6.07) is 5.58. The fraction of sp³-hybridized carbons (Fsp3) is 0. The first kappa shape index (κ1) is 10.8. The number of amides is 3. The van der Waals surface area contributed by atoms with E-state index in [0.717, 1.165) is 6.08 Å². The number of primary amides is 1. The number of nitrogens with one attached hydrogen (secondary N) is 1. The zero-order valence-electron chi connectivity index (χ0n) is 7.81. The Bertz CT molecular complexity index is 413. The molecule has 0 fully saturated rings. The highest BCUT2D eigenvalue weighted by atomic mass is 16.3. The highest BCUT2D eigenvalue weighted by Crippen LogP contribution is 2.16. The lowest BCUT2D eigenvalue weighted by Crippen LogP contribution is -2.33. The molecule has 78 valence electrons. The largest absolute Gasteiger partial charge is 0.507 e. The Morgan fingerprint density at radius 2 is 2.00 bits per heavy atom. The molecule has 0 aliphatic rings. The van der Waals surface area contributed by atoms with Crippen molar-refractivity contribution in [2.45, 2.75) is 0 Å². The predicted octanol–water partition coefficient (Wildman–Crippen LogP) is 0.600. The molecule has 0 atom stereocenters. The lowest BCUT2D eigenvalue weighted by atomic mass is 10.2. The highest BCUT2D eigenvalue weighted by molar-refractivity contribution is 6.01. The Kier molecular flexibility index (Phi) is 3.45. The van der Waals surface area contributed by atoms with E-state index in [0.29, 0.717) is 5.56 Å². The normalized spacial score (nSPS) is 10.1. The maximum atomic E-state index is 11.0. The van der Waals surface area contributed by atoms with Crippen molar-refractivity contribution in [1.82, 2.24) is 5.32 Å². The van der Waals surface area contributed by atoms with Crippen LogP contribution in [0.4, 0.5) is 4.79 Å². The van der Waals surface area contributed by atoms with E-state index in [-0.39, 0.29) is 5.75 Å². The number of hydrogen-bond acceptors (Lipinski definition) is 3. The molecule has 0 aromatic heterocycles. The topological polar surface area (TPSA) is 92.4 Å². The van der Waals surface area contributed by atoms with E-state index in [9.17, 15) is 14.7 Å². The van der Waals surface area contributed by atoms with Gasteiger partial charge in [-0.25, -0.2) is 4.79 Å². The molecule has 5 heteroatoms. The number of rotatable bonds is 2. The summed E-state index contributed by atoms with van der Waals surface area (Å²) < 4.78 is 0. The first-order valence-corrected chi connectivity index (χ1v) is 4.16. The quantitative estimate of drug-likeness (QED) is 0.618. The van der Waals surface area contributed by atoms with Crippen molar-refractivity contribution in [2.24, 2.45) is 5.73 Å². The van der Waals surface area contributed by atoms with Gasteiger partial charge >= 0.3 is 6.03 Å². The van der Waals surface area contributed by atoms with Gasteiger partial charge in [0.1, 0.15) is 5.75 Å². The number of aromatic hydroxyl groups is 1. The number of imide groups is 1. The third kappa shape index (κ3) is 3.51. The molecule has 0 heterocycles. The average molecular weight is 206 g/mol. The summed E-state index contributed by atoms with van der Waals surface area (Å²) in [6.07, 6.45) is 2.49. The van der Waals surface area contributed by atoms with Crippen LogP contribution in [0.3, 0.4) is 0 Å². The molecular weight excluding hydrogens is 196 g/mol. The van der Waals surface area contributed by atoms with E-state index in [4.69, 9.17) is 5.73 Å². The molecule has 15 heavy (non-hydrogen) atoms. The Hall–Kier alpha value is -2.30. The molecule has 0 bridgehead atoms. The van der Waals surface area contributed by atoms with Crippen LogP contribution in [0.5, 0.6) is 5.75 Å². The van der Waals surface area contributed by atoms with Gasteiger partial charge < -0.3 is 10.8 Å². The van der Waals surface area contributed by atoms with Gasteiger partial charge in [-0.05, 0) is 12.1 Å². The molecule has 0 unspecified atom stereocenters. The number of hydrogen-bond donors (Lipinski definition) is 3. The summed E-state index contributed by atoms with van der Waals surface area (Å²) in [7, 11) is 0. The second-order valence-electron chi connectivity index (χ2n) is 2.75. The summed E-state index contributed by atoms with van der Waals surface area (Å²) in [5.74, 6) is -0.577. The van der Waals surface area contributed by atoms with E-state index >= 15 is 0 Å². The molecule has 5 nitrogen and oxygen atoms in total. The second-order valence-corrected chi connectivity index (χ2v) is 2.75. The number of nitrogens with two attached hydrogens (primary N) is 1. The molecule has 4 N–H and O–H groups in total. The van der Waals surface area contributed by atoms with Gasteiger partial charge in [0, 0.05) is 11.6 Å². The van der Waals surface area contributed by atoms with E-state index < -0.39 is 11.9 Å². The Labute approximate surface area is 86.2 Å². The Morgan fingerprint density at radius 1 is 1.33 bits per heavy atom. The highest BCUT2D eigenvalue weighted by Gasteiger charge is 1.99. The third-order valence-corrected chi connectivity index (χ3v) is 1.60. The van der Waals surface area contributed by atoms with Gasteiger partial charge in [-0.1, -0.05) is 18.2 Å². The number of urea groups is 1. The Balaban J connectivity index is 2.70. The SMILES string of the molecule is NC(=O)NC(=O)C=Cc1ccccc1O. The van der Waals surface area contributed by atoms with Crippen molar-refractivity contribution < 1.29 is 14.7 Å². The van der Waals surface area contributed by atoms with Crippen LogP contribution in [0.2, 0.25) is 0 Å². The Morgan fingerprint density at radius 3 is 2.60 bits per heavy atom. The fourth-order valence-electron chi connectivity index (χ4n) is 0.957. The van der Waals surface area contributed by atoms with Crippen LogP contribution in [0, 0.1) is 0 Å². The van der Waals surface area contributed by atoms with Crippen molar-refractivity contribution in [3.05, 3.63) is 35.9 Å². The number of benzene rings is 1. The monoisotopic (exact) mass is 206 g/mol.